The van der Waals surface area contributed by atoms with Crippen molar-refractivity contribution in [1.82, 2.24) is 0 Å². The van der Waals surface area contributed by atoms with Crippen LogP contribution in [0.25, 0.3) is 0 Å². The molecule has 1 fully saturated rings. The van der Waals surface area contributed by atoms with Gasteiger partial charge in [-0.3, -0.25) is 0 Å². The number of benzene rings is 1. The van der Waals surface area contributed by atoms with E-state index in [4.69, 9.17) is 0 Å². The van der Waals surface area contributed by atoms with Crippen LogP contribution in [0, 0.1) is 19.8 Å². The summed E-state index contributed by atoms with van der Waals surface area (Å²) in [6, 6.07) is 4.47. The lowest BCUT2D eigenvalue weighted by molar-refractivity contribution is 0.345. The van der Waals surface area contributed by atoms with E-state index >= 15 is 0 Å². The monoisotopic (exact) mass is 309 g/mol. The van der Waals surface area contributed by atoms with E-state index in [9.17, 15) is 0 Å². The lowest BCUT2D eigenvalue weighted by Gasteiger charge is -2.21. The van der Waals surface area contributed by atoms with Gasteiger partial charge in [0, 0.05) is 16.7 Å². The van der Waals surface area contributed by atoms with E-state index in [0.717, 1.165) is 12.5 Å². The summed E-state index contributed by atoms with van der Waals surface area (Å²) in [5, 5.41) is 3.58. The molecule has 0 unspecified atom stereocenters. The Bertz CT molecular complexity index is 371. The Balaban J connectivity index is 1.82. The van der Waals surface area contributed by atoms with Crippen molar-refractivity contribution in [1.29, 1.82) is 0 Å². The topological polar surface area (TPSA) is 12.0 Å². The lowest BCUT2D eigenvalue weighted by Crippen LogP contribution is -2.12. The largest absolute Gasteiger partial charge is 0.385 e. The van der Waals surface area contributed by atoms with Crippen LogP contribution in [0.3, 0.4) is 0 Å². The van der Waals surface area contributed by atoms with Crippen LogP contribution < -0.4 is 5.32 Å². The van der Waals surface area contributed by atoms with Gasteiger partial charge in [0.15, 0.2) is 0 Å². The van der Waals surface area contributed by atoms with Crippen LogP contribution >= 0.6 is 15.9 Å². The second kappa shape index (κ2) is 6.60. The first-order chi connectivity index (χ1) is 8.66. The Kier molecular flexibility index (Phi) is 5.11. The molecule has 0 heterocycles. The summed E-state index contributed by atoms with van der Waals surface area (Å²) in [5.74, 6) is 0.962. The van der Waals surface area contributed by atoms with Crippen LogP contribution in [0.1, 0.15) is 49.7 Å². The molecule has 0 atom stereocenters. The third-order valence-corrected chi connectivity index (χ3v) is 5.29. The Labute approximate surface area is 119 Å². The van der Waals surface area contributed by atoms with E-state index in [1.54, 1.807) is 0 Å². The molecule has 1 aliphatic carbocycles. The summed E-state index contributed by atoms with van der Waals surface area (Å²) < 4.78 is 1.24. The normalized spacial score (nSPS) is 16.8. The van der Waals surface area contributed by atoms with E-state index in [1.165, 1.54) is 59.8 Å². The Morgan fingerprint density at radius 2 is 1.72 bits per heavy atom. The molecular formula is C16H24BrN. The van der Waals surface area contributed by atoms with Crippen LogP contribution in [0.5, 0.6) is 0 Å². The van der Waals surface area contributed by atoms with Gasteiger partial charge in [0.25, 0.3) is 0 Å². The van der Waals surface area contributed by atoms with E-state index in [0.29, 0.717) is 0 Å². The van der Waals surface area contributed by atoms with Crippen molar-refractivity contribution >= 4 is 21.6 Å². The van der Waals surface area contributed by atoms with Crippen molar-refractivity contribution in [2.45, 2.75) is 52.4 Å². The van der Waals surface area contributed by atoms with Crippen molar-refractivity contribution < 1.29 is 0 Å². The summed E-state index contributed by atoms with van der Waals surface area (Å²) in [4.78, 5) is 0. The van der Waals surface area contributed by atoms with Crippen LogP contribution in [-0.2, 0) is 0 Å². The minimum Gasteiger partial charge on any atom is -0.385 e. The van der Waals surface area contributed by atoms with Gasteiger partial charge in [-0.2, -0.15) is 0 Å². The number of aryl methyl sites for hydroxylation is 2. The van der Waals surface area contributed by atoms with Gasteiger partial charge < -0.3 is 5.32 Å². The molecule has 0 amide bonds. The molecule has 1 saturated carbocycles. The van der Waals surface area contributed by atoms with Crippen molar-refractivity contribution in [3.05, 3.63) is 27.7 Å². The van der Waals surface area contributed by atoms with Crippen LogP contribution in [0.15, 0.2) is 16.6 Å². The molecule has 0 aromatic heterocycles. The highest BCUT2D eigenvalue weighted by Crippen LogP contribution is 2.27. The fourth-order valence-electron chi connectivity index (χ4n) is 2.94. The zero-order valence-corrected chi connectivity index (χ0v) is 13.1. The first kappa shape index (κ1) is 13.9. The number of hydrogen-bond acceptors (Lipinski definition) is 1. The van der Waals surface area contributed by atoms with Crippen molar-refractivity contribution in [3.8, 4) is 0 Å². The molecule has 1 nitrogen and oxygen atoms in total. The molecule has 100 valence electrons. The maximum Gasteiger partial charge on any atom is 0.0346 e. The van der Waals surface area contributed by atoms with Gasteiger partial charge in [0.2, 0.25) is 0 Å². The predicted molar refractivity (Wildman–Crippen MR) is 83.3 cm³/mol. The fraction of sp³-hybridized carbons (Fsp3) is 0.625. The molecule has 1 aliphatic rings. The predicted octanol–water partition coefficient (Wildman–Crippen LogP) is 5.45. The van der Waals surface area contributed by atoms with Crippen LogP contribution in [0.4, 0.5) is 5.69 Å². The van der Waals surface area contributed by atoms with Gasteiger partial charge in [0.1, 0.15) is 0 Å². The molecule has 2 heteroatoms. The number of anilines is 1. The highest BCUT2D eigenvalue weighted by atomic mass is 79.9. The van der Waals surface area contributed by atoms with Crippen molar-refractivity contribution in [2.24, 2.45) is 5.92 Å². The lowest BCUT2D eigenvalue weighted by atomic mass is 9.87. The smallest absolute Gasteiger partial charge is 0.0346 e. The van der Waals surface area contributed by atoms with E-state index in [2.05, 4.69) is 47.2 Å². The first-order valence-corrected chi connectivity index (χ1v) is 7.96. The van der Waals surface area contributed by atoms with Gasteiger partial charge in [0.05, 0.1) is 0 Å². The van der Waals surface area contributed by atoms with Crippen LogP contribution in [-0.4, -0.2) is 6.54 Å². The highest BCUT2D eigenvalue weighted by Gasteiger charge is 2.12. The van der Waals surface area contributed by atoms with Gasteiger partial charge in [-0.15, -0.1) is 0 Å². The van der Waals surface area contributed by atoms with Gasteiger partial charge in [-0.25, -0.2) is 0 Å². The van der Waals surface area contributed by atoms with Gasteiger partial charge in [-0.05, 0) is 49.4 Å². The molecule has 1 aromatic rings. The quantitative estimate of drug-likeness (QED) is 0.780. The average Bonchev–Trinajstić information content (AvgIpc) is 2.37. The zero-order chi connectivity index (χ0) is 13.0. The van der Waals surface area contributed by atoms with Crippen LogP contribution in [0.2, 0.25) is 0 Å². The maximum atomic E-state index is 3.62. The van der Waals surface area contributed by atoms with Gasteiger partial charge in [-0.1, -0.05) is 48.0 Å². The molecule has 0 spiro atoms. The molecule has 0 radical (unpaired) electrons. The standard InChI is InChI=1S/C16H24BrN/c1-12-10-15(11-13(2)16(12)17)18-9-8-14-6-4-3-5-7-14/h10-11,14,18H,3-9H2,1-2H3. The van der Waals surface area contributed by atoms with Crippen molar-refractivity contribution in [2.75, 3.05) is 11.9 Å². The number of halogens is 1. The molecule has 2 rings (SSSR count). The van der Waals surface area contributed by atoms with E-state index in [1.807, 2.05) is 0 Å². The summed E-state index contributed by atoms with van der Waals surface area (Å²) in [5.41, 5.74) is 3.90. The SMILES string of the molecule is Cc1cc(NCCC2CCCCC2)cc(C)c1Br. The Morgan fingerprint density at radius 1 is 1.11 bits per heavy atom. The highest BCUT2D eigenvalue weighted by molar-refractivity contribution is 9.10. The third kappa shape index (κ3) is 3.74. The number of hydrogen-bond donors (Lipinski definition) is 1. The summed E-state index contributed by atoms with van der Waals surface area (Å²) >= 11 is 3.62. The fourth-order valence-corrected chi connectivity index (χ4v) is 3.17. The maximum absolute atomic E-state index is 3.62. The minimum absolute atomic E-state index is 0.962. The molecule has 0 bridgehead atoms. The number of rotatable bonds is 4. The summed E-state index contributed by atoms with van der Waals surface area (Å²) in [7, 11) is 0. The molecule has 1 aromatic carbocycles. The van der Waals surface area contributed by atoms with Crippen molar-refractivity contribution in [3.63, 3.8) is 0 Å². The summed E-state index contributed by atoms with van der Waals surface area (Å²) in [6.45, 7) is 5.43. The molecule has 1 N–H and O–H groups in total. The summed E-state index contributed by atoms with van der Waals surface area (Å²) in [6.07, 6.45) is 8.56. The number of nitrogens with one attached hydrogen (secondary N) is 1. The minimum atomic E-state index is 0.962. The third-order valence-electron chi connectivity index (χ3n) is 4.04. The molecule has 0 aliphatic heterocycles. The second-order valence-electron chi connectivity index (χ2n) is 5.64. The Hall–Kier alpha value is -0.500. The second-order valence-corrected chi connectivity index (χ2v) is 6.44. The van der Waals surface area contributed by atoms with Gasteiger partial charge >= 0.3 is 0 Å². The Morgan fingerprint density at radius 3 is 2.33 bits per heavy atom. The average molecular weight is 310 g/mol. The molecule has 0 saturated heterocycles. The molecular weight excluding hydrogens is 286 g/mol. The van der Waals surface area contributed by atoms with E-state index in [-0.39, 0.29) is 0 Å². The zero-order valence-electron chi connectivity index (χ0n) is 11.6. The van der Waals surface area contributed by atoms with E-state index < -0.39 is 0 Å². The first-order valence-electron chi connectivity index (χ1n) is 7.17. The molecule has 18 heavy (non-hydrogen) atoms.